The van der Waals surface area contributed by atoms with E-state index in [0.29, 0.717) is 13.1 Å². The molecule has 1 aromatic carbocycles. The number of nitrogens with zero attached hydrogens (tertiary/aromatic N) is 4. The van der Waals surface area contributed by atoms with E-state index >= 15 is 0 Å². The molecule has 1 amide bonds. The first-order valence-corrected chi connectivity index (χ1v) is 9.37. The van der Waals surface area contributed by atoms with Crippen LogP contribution in [-0.4, -0.2) is 46.3 Å². The van der Waals surface area contributed by atoms with Crippen molar-refractivity contribution in [3.63, 3.8) is 0 Å². The summed E-state index contributed by atoms with van der Waals surface area (Å²) in [6.45, 7) is 7.54. The van der Waals surface area contributed by atoms with Crippen LogP contribution in [0, 0.1) is 0 Å². The minimum atomic E-state index is 0.0107. The summed E-state index contributed by atoms with van der Waals surface area (Å²) in [6, 6.07) is 8.45. The summed E-state index contributed by atoms with van der Waals surface area (Å²) >= 11 is 0. The number of carbonyl (C=O) groups is 1. The predicted molar refractivity (Wildman–Crippen MR) is 105 cm³/mol. The summed E-state index contributed by atoms with van der Waals surface area (Å²) in [5, 5.41) is 7.22. The number of aromatic nitrogens is 2. The highest BCUT2D eigenvalue weighted by atomic mass is 16.2. The molecule has 0 bridgehead atoms. The highest BCUT2D eigenvalue weighted by Gasteiger charge is 2.16. The maximum absolute atomic E-state index is 12.5. The second-order valence-corrected chi connectivity index (χ2v) is 7.31. The average Bonchev–Trinajstić information content (AvgIpc) is 3.27. The molecule has 0 unspecified atom stereocenters. The molecule has 6 nitrogen and oxygen atoms in total. The van der Waals surface area contributed by atoms with E-state index in [2.05, 4.69) is 46.2 Å². The Morgan fingerprint density at radius 3 is 2.50 bits per heavy atom. The average molecular weight is 355 g/mol. The fourth-order valence-corrected chi connectivity index (χ4v) is 3.32. The van der Waals surface area contributed by atoms with E-state index in [9.17, 15) is 4.79 Å². The molecule has 140 valence electrons. The smallest absolute Gasteiger partial charge is 0.238 e. The SMILES string of the molecule is CC(C)N(CC(=O)Nc1ccc(N2CCCC2)cc1)Cc1cnn(C)c1. The van der Waals surface area contributed by atoms with Gasteiger partial charge in [0, 0.05) is 55.9 Å². The Morgan fingerprint density at radius 2 is 1.92 bits per heavy atom. The number of anilines is 2. The topological polar surface area (TPSA) is 53.4 Å². The quantitative estimate of drug-likeness (QED) is 0.830. The first-order chi connectivity index (χ1) is 12.5. The van der Waals surface area contributed by atoms with Crippen LogP contribution >= 0.6 is 0 Å². The molecule has 1 fully saturated rings. The zero-order valence-corrected chi connectivity index (χ0v) is 16.0. The van der Waals surface area contributed by atoms with Crippen molar-refractivity contribution in [2.75, 3.05) is 29.9 Å². The van der Waals surface area contributed by atoms with Gasteiger partial charge in [-0.2, -0.15) is 5.10 Å². The van der Waals surface area contributed by atoms with Gasteiger partial charge in [-0.1, -0.05) is 0 Å². The molecule has 0 spiro atoms. The van der Waals surface area contributed by atoms with Gasteiger partial charge >= 0.3 is 0 Å². The van der Waals surface area contributed by atoms with Crippen LogP contribution in [0.4, 0.5) is 11.4 Å². The van der Waals surface area contributed by atoms with Gasteiger partial charge in [0.2, 0.25) is 5.91 Å². The van der Waals surface area contributed by atoms with Crippen molar-refractivity contribution in [2.24, 2.45) is 7.05 Å². The molecule has 1 saturated heterocycles. The Hall–Kier alpha value is -2.34. The largest absolute Gasteiger partial charge is 0.372 e. The van der Waals surface area contributed by atoms with E-state index < -0.39 is 0 Å². The lowest BCUT2D eigenvalue weighted by Gasteiger charge is -2.25. The number of aryl methyl sites for hydroxylation is 1. The van der Waals surface area contributed by atoms with E-state index in [4.69, 9.17) is 0 Å². The molecule has 1 aliphatic rings. The minimum Gasteiger partial charge on any atom is -0.372 e. The van der Waals surface area contributed by atoms with Crippen LogP contribution in [0.1, 0.15) is 32.3 Å². The molecular weight excluding hydrogens is 326 g/mol. The Kier molecular flexibility index (Phi) is 5.93. The first-order valence-electron chi connectivity index (χ1n) is 9.37. The van der Waals surface area contributed by atoms with Crippen LogP contribution in [-0.2, 0) is 18.4 Å². The van der Waals surface area contributed by atoms with Gasteiger partial charge < -0.3 is 10.2 Å². The Balaban J connectivity index is 1.55. The molecule has 6 heteroatoms. The fourth-order valence-electron chi connectivity index (χ4n) is 3.32. The zero-order valence-electron chi connectivity index (χ0n) is 16.0. The second kappa shape index (κ2) is 8.36. The fraction of sp³-hybridized carbons (Fsp3) is 0.500. The van der Waals surface area contributed by atoms with E-state index in [-0.39, 0.29) is 11.9 Å². The maximum atomic E-state index is 12.5. The molecule has 1 aliphatic heterocycles. The number of benzene rings is 1. The third kappa shape index (κ3) is 4.85. The Bertz CT molecular complexity index is 716. The van der Waals surface area contributed by atoms with E-state index in [1.807, 2.05) is 31.6 Å². The van der Waals surface area contributed by atoms with Gasteiger partial charge in [-0.3, -0.25) is 14.4 Å². The summed E-state index contributed by atoms with van der Waals surface area (Å²) in [5.41, 5.74) is 3.20. The van der Waals surface area contributed by atoms with Gasteiger partial charge in [0.25, 0.3) is 0 Å². The number of carbonyl (C=O) groups excluding carboxylic acids is 1. The van der Waals surface area contributed by atoms with Crippen LogP contribution in [0.2, 0.25) is 0 Å². The van der Waals surface area contributed by atoms with Crippen LogP contribution in [0.15, 0.2) is 36.7 Å². The molecule has 2 aromatic rings. The zero-order chi connectivity index (χ0) is 18.5. The molecule has 1 aromatic heterocycles. The lowest BCUT2D eigenvalue weighted by Crippen LogP contribution is -2.37. The lowest BCUT2D eigenvalue weighted by atomic mass is 10.2. The number of amides is 1. The van der Waals surface area contributed by atoms with Crippen molar-refractivity contribution in [3.8, 4) is 0 Å². The third-order valence-corrected chi connectivity index (χ3v) is 4.84. The third-order valence-electron chi connectivity index (χ3n) is 4.84. The van der Waals surface area contributed by atoms with Gasteiger partial charge in [-0.25, -0.2) is 0 Å². The van der Waals surface area contributed by atoms with Gasteiger partial charge in [-0.05, 0) is 51.0 Å². The summed E-state index contributed by atoms with van der Waals surface area (Å²) in [6.07, 6.45) is 6.37. The molecule has 0 saturated carbocycles. The number of hydrogen-bond acceptors (Lipinski definition) is 4. The maximum Gasteiger partial charge on any atom is 0.238 e. The summed E-state index contributed by atoms with van der Waals surface area (Å²) in [4.78, 5) is 17.0. The molecule has 3 rings (SSSR count). The number of rotatable bonds is 7. The number of nitrogens with one attached hydrogen (secondary N) is 1. The van der Waals surface area contributed by atoms with Crippen LogP contribution in [0.25, 0.3) is 0 Å². The van der Waals surface area contributed by atoms with E-state index in [1.165, 1.54) is 18.5 Å². The molecule has 0 aliphatic carbocycles. The Labute approximate surface area is 155 Å². The highest BCUT2D eigenvalue weighted by molar-refractivity contribution is 5.92. The van der Waals surface area contributed by atoms with Crippen LogP contribution < -0.4 is 10.2 Å². The summed E-state index contributed by atoms with van der Waals surface area (Å²) in [5.74, 6) is 0.0107. The lowest BCUT2D eigenvalue weighted by molar-refractivity contribution is -0.117. The summed E-state index contributed by atoms with van der Waals surface area (Å²) < 4.78 is 1.79. The van der Waals surface area contributed by atoms with Crippen molar-refractivity contribution in [1.29, 1.82) is 0 Å². The first kappa shape index (κ1) is 18.5. The summed E-state index contributed by atoms with van der Waals surface area (Å²) in [7, 11) is 1.90. The van der Waals surface area contributed by atoms with Crippen LogP contribution in [0.3, 0.4) is 0 Å². The minimum absolute atomic E-state index is 0.0107. The van der Waals surface area contributed by atoms with Crippen molar-refractivity contribution >= 4 is 17.3 Å². The van der Waals surface area contributed by atoms with Gasteiger partial charge in [0.1, 0.15) is 0 Å². The molecule has 0 radical (unpaired) electrons. The normalized spacial score (nSPS) is 14.4. The van der Waals surface area contributed by atoms with Gasteiger partial charge in [0.15, 0.2) is 0 Å². The monoisotopic (exact) mass is 355 g/mol. The van der Waals surface area contributed by atoms with Crippen molar-refractivity contribution in [2.45, 2.75) is 39.3 Å². The molecule has 2 heterocycles. The Morgan fingerprint density at radius 1 is 1.23 bits per heavy atom. The van der Waals surface area contributed by atoms with E-state index in [1.54, 1.807) is 4.68 Å². The van der Waals surface area contributed by atoms with Crippen molar-refractivity contribution in [3.05, 3.63) is 42.2 Å². The van der Waals surface area contributed by atoms with Gasteiger partial charge in [0.05, 0.1) is 12.7 Å². The standard InChI is InChI=1S/C20H29N5O/c1-16(2)25(14-17-12-21-23(3)13-17)15-20(26)22-18-6-8-19(9-7-18)24-10-4-5-11-24/h6-9,12-13,16H,4-5,10-11,14-15H2,1-3H3,(H,22,26). The van der Waals surface area contributed by atoms with Gasteiger partial charge in [-0.15, -0.1) is 0 Å². The van der Waals surface area contributed by atoms with Crippen molar-refractivity contribution < 1.29 is 4.79 Å². The number of hydrogen-bond donors (Lipinski definition) is 1. The van der Waals surface area contributed by atoms with E-state index in [0.717, 1.165) is 24.3 Å². The van der Waals surface area contributed by atoms with Crippen molar-refractivity contribution in [1.82, 2.24) is 14.7 Å². The van der Waals surface area contributed by atoms with Crippen LogP contribution in [0.5, 0.6) is 0 Å². The second-order valence-electron chi connectivity index (χ2n) is 7.31. The predicted octanol–water partition coefficient (Wildman–Crippen LogP) is 2.87. The highest BCUT2D eigenvalue weighted by Crippen LogP contribution is 2.22. The molecule has 0 atom stereocenters. The molecular formula is C20H29N5O. The molecule has 1 N–H and O–H groups in total. The molecule has 26 heavy (non-hydrogen) atoms.